The molecule has 1 amide bonds. The van der Waals surface area contributed by atoms with Crippen LogP contribution in [-0.2, 0) is 9.53 Å². The van der Waals surface area contributed by atoms with Crippen molar-refractivity contribution in [3.63, 3.8) is 0 Å². The van der Waals surface area contributed by atoms with E-state index in [9.17, 15) is 20.1 Å². The van der Waals surface area contributed by atoms with Crippen molar-refractivity contribution in [1.29, 1.82) is 0 Å². The van der Waals surface area contributed by atoms with Crippen LogP contribution >= 0.6 is 0 Å². The average molecular weight is 269 g/mol. The summed E-state index contributed by atoms with van der Waals surface area (Å²) in [6.45, 7) is -1.72. The molecule has 0 saturated heterocycles. The SMILES string of the molecule is COC(C(=O)NC(CO)(CO)CO)c1ccccc1. The maximum absolute atomic E-state index is 12.1. The first-order valence-corrected chi connectivity index (χ1v) is 5.85. The fourth-order valence-corrected chi connectivity index (χ4v) is 1.62. The zero-order valence-electron chi connectivity index (χ0n) is 10.7. The van der Waals surface area contributed by atoms with E-state index in [4.69, 9.17) is 4.74 Å². The van der Waals surface area contributed by atoms with Gasteiger partial charge in [0, 0.05) is 7.11 Å². The highest BCUT2D eigenvalue weighted by atomic mass is 16.5. The Morgan fingerprint density at radius 3 is 2.16 bits per heavy atom. The number of aliphatic hydroxyl groups excluding tert-OH is 3. The van der Waals surface area contributed by atoms with Gasteiger partial charge in [0.25, 0.3) is 5.91 Å². The minimum atomic E-state index is -1.46. The van der Waals surface area contributed by atoms with Gasteiger partial charge in [0.15, 0.2) is 6.10 Å². The van der Waals surface area contributed by atoms with Crippen molar-refractivity contribution in [3.8, 4) is 0 Å². The summed E-state index contributed by atoms with van der Waals surface area (Å²) in [5, 5.41) is 29.9. The van der Waals surface area contributed by atoms with Crippen LogP contribution in [0.3, 0.4) is 0 Å². The fraction of sp³-hybridized carbons (Fsp3) is 0.462. The van der Waals surface area contributed by atoms with E-state index in [1.165, 1.54) is 7.11 Å². The number of rotatable bonds is 7. The van der Waals surface area contributed by atoms with E-state index in [2.05, 4.69) is 5.32 Å². The lowest BCUT2D eigenvalue weighted by Gasteiger charge is -2.30. The molecule has 0 heterocycles. The van der Waals surface area contributed by atoms with Gasteiger partial charge >= 0.3 is 0 Å². The van der Waals surface area contributed by atoms with Crippen molar-refractivity contribution in [1.82, 2.24) is 5.32 Å². The van der Waals surface area contributed by atoms with E-state index in [-0.39, 0.29) is 0 Å². The zero-order valence-corrected chi connectivity index (χ0v) is 10.7. The van der Waals surface area contributed by atoms with Gasteiger partial charge in [-0.2, -0.15) is 0 Å². The number of methoxy groups -OCH3 is 1. The summed E-state index contributed by atoms with van der Waals surface area (Å²) in [7, 11) is 1.38. The van der Waals surface area contributed by atoms with E-state index < -0.39 is 37.4 Å². The van der Waals surface area contributed by atoms with Crippen molar-refractivity contribution in [3.05, 3.63) is 35.9 Å². The molecule has 0 aliphatic rings. The molecule has 0 saturated carbocycles. The van der Waals surface area contributed by atoms with Crippen LogP contribution < -0.4 is 5.32 Å². The Morgan fingerprint density at radius 2 is 1.74 bits per heavy atom. The standard InChI is InChI=1S/C13H19NO5/c1-19-11(10-5-3-2-4-6-10)12(18)14-13(7-15,8-16)9-17/h2-6,11,15-17H,7-9H2,1H3,(H,14,18). The van der Waals surface area contributed by atoms with Crippen molar-refractivity contribution in [2.75, 3.05) is 26.9 Å². The second kappa shape index (κ2) is 7.20. The summed E-state index contributed by atoms with van der Waals surface area (Å²) in [5.74, 6) is -0.536. The average Bonchev–Trinajstić information content (AvgIpc) is 2.47. The lowest BCUT2D eigenvalue weighted by molar-refractivity contribution is -0.135. The Bertz CT molecular complexity index is 383. The highest BCUT2D eigenvalue weighted by molar-refractivity contribution is 5.83. The molecule has 6 heteroatoms. The summed E-state index contributed by atoms with van der Waals surface area (Å²) in [6.07, 6.45) is -0.870. The lowest BCUT2D eigenvalue weighted by Crippen LogP contribution is -2.58. The predicted molar refractivity (Wildman–Crippen MR) is 68.3 cm³/mol. The minimum Gasteiger partial charge on any atom is -0.394 e. The Hall–Kier alpha value is -1.47. The molecule has 4 N–H and O–H groups in total. The third-order valence-corrected chi connectivity index (χ3v) is 2.87. The molecule has 0 spiro atoms. The number of nitrogens with one attached hydrogen (secondary N) is 1. The third kappa shape index (κ3) is 3.74. The summed E-state index contributed by atoms with van der Waals surface area (Å²) in [6, 6.07) is 8.81. The topological polar surface area (TPSA) is 99.0 Å². The Labute approximate surface area is 111 Å². The highest BCUT2D eigenvalue weighted by Crippen LogP contribution is 2.17. The van der Waals surface area contributed by atoms with Gasteiger partial charge in [-0.25, -0.2) is 0 Å². The van der Waals surface area contributed by atoms with Crippen molar-refractivity contribution in [2.45, 2.75) is 11.6 Å². The zero-order chi connectivity index (χ0) is 14.3. The maximum Gasteiger partial charge on any atom is 0.254 e. The fourth-order valence-electron chi connectivity index (χ4n) is 1.62. The van der Waals surface area contributed by atoms with E-state index in [0.29, 0.717) is 5.56 Å². The molecule has 0 radical (unpaired) electrons. The molecule has 19 heavy (non-hydrogen) atoms. The molecule has 0 aromatic heterocycles. The van der Waals surface area contributed by atoms with E-state index in [1.54, 1.807) is 24.3 Å². The predicted octanol–water partition coefficient (Wildman–Crippen LogP) is -0.794. The van der Waals surface area contributed by atoms with E-state index >= 15 is 0 Å². The van der Waals surface area contributed by atoms with Crippen LogP contribution in [-0.4, -0.2) is 53.7 Å². The Morgan fingerprint density at radius 1 is 1.21 bits per heavy atom. The molecule has 0 aliphatic carbocycles. The van der Waals surface area contributed by atoms with Gasteiger partial charge in [0.1, 0.15) is 5.54 Å². The van der Waals surface area contributed by atoms with Gasteiger partial charge in [0.2, 0.25) is 0 Å². The monoisotopic (exact) mass is 269 g/mol. The second-order valence-electron chi connectivity index (χ2n) is 4.27. The number of hydrogen-bond acceptors (Lipinski definition) is 5. The van der Waals surface area contributed by atoms with Crippen LogP contribution in [0.5, 0.6) is 0 Å². The van der Waals surface area contributed by atoms with Gasteiger partial charge in [-0.3, -0.25) is 4.79 Å². The smallest absolute Gasteiger partial charge is 0.254 e. The largest absolute Gasteiger partial charge is 0.394 e. The van der Waals surface area contributed by atoms with Crippen molar-refractivity contribution < 1.29 is 24.9 Å². The number of amides is 1. The summed E-state index contributed by atoms with van der Waals surface area (Å²) in [4.78, 5) is 12.1. The van der Waals surface area contributed by atoms with Gasteiger partial charge in [0.05, 0.1) is 19.8 Å². The van der Waals surface area contributed by atoms with Crippen LogP contribution in [0, 0.1) is 0 Å². The minimum absolute atomic E-state index is 0.536. The molecular formula is C13H19NO5. The van der Waals surface area contributed by atoms with Gasteiger partial charge in [-0.1, -0.05) is 30.3 Å². The first kappa shape index (κ1) is 15.6. The molecule has 1 aromatic rings. The molecule has 1 aromatic carbocycles. The van der Waals surface area contributed by atoms with Crippen LogP contribution in [0.1, 0.15) is 11.7 Å². The second-order valence-corrected chi connectivity index (χ2v) is 4.27. The first-order chi connectivity index (χ1) is 9.12. The molecule has 6 nitrogen and oxygen atoms in total. The van der Waals surface area contributed by atoms with Crippen molar-refractivity contribution in [2.24, 2.45) is 0 Å². The van der Waals surface area contributed by atoms with E-state index in [1.807, 2.05) is 6.07 Å². The van der Waals surface area contributed by atoms with Crippen molar-refractivity contribution >= 4 is 5.91 Å². The van der Waals surface area contributed by atoms with Gasteiger partial charge in [-0.15, -0.1) is 0 Å². The summed E-state index contributed by atoms with van der Waals surface area (Å²) >= 11 is 0. The number of aliphatic hydroxyl groups is 3. The molecular weight excluding hydrogens is 250 g/mol. The number of benzene rings is 1. The molecule has 0 aliphatic heterocycles. The third-order valence-electron chi connectivity index (χ3n) is 2.87. The number of ether oxygens (including phenoxy) is 1. The number of hydrogen-bond donors (Lipinski definition) is 4. The Balaban J connectivity index is 2.86. The molecule has 1 rings (SSSR count). The molecule has 0 fully saturated rings. The highest BCUT2D eigenvalue weighted by Gasteiger charge is 2.33. The molecule has 0 bridgehead atoms. The van der Waals surface area contributed by atoms with Crippen LogP contribution in [0.2, 0.25) is 0 Å². The Kier molecular flexibility index (Phi) is 5.91. The molecule has 1 unspecified atom stereocenters. The van der Waals surface area contributed by atoms with Crippen LogP contribution in [0.25, 0.3) is 0 Å². The van der Waals surface area contributed by atoms with Crippen LogP contribution in [0.4, 0.5) is 0 Å². The van der Waals surface area contributed by atoms with Gasteiger partial charge in [-0.05, 0) is 5.56 Å². The summed E-state index contributed by atoms with van der Waals surface area (Å²) < 4.78 is 5.12. The number of carbonyl (C=O) groups excluding carboxylic acids is 1. The molecule has 106 valence electrons. The molecule has 1 atom stereocenters. The quantitative estimate of drug-likeness (QED) is 0.520. The summed E-state index contributed by atoms with van der Waals surface area (Å²) in [5.41, 5.74) is -0.812. The van der Waals surface area contributed by atoms with Gasteiger partial charge < -0.3 is 25.4 Å². The maximum atomic E-state index is 12.1. The van der Waals surface area contributed by atoms with E-state index in [0.717, 1.165) is 0 Å². The first-order valence-electron chi connectivity index (χ1n) is 5.85. The normalized spacial score (nSPS) is 13.1. The number of carbonyl (C=O) groups is 1. The lowest BCUT2D eigenvalue weighted by atomic mass is 10.0. The van der Waals surface area contributed by atoms with Crippen LogP contribution in [0.15, 0.2) is 30.3 Å².